The van der Waals surface area contributed by atoms with Gasteiger partial charge in [-0.1, -0.05) is 18.9 Å². The molecule has 0 radical (unpaired) electrons. The molecule has 0 aliphatic heterocycles. The highest BCUT2D eigenvalue weighted by Gasteiger charge is 2.63. The van der Waals surface area contributed by atoms with Crippen molar-refractivity contribution in [2.75, 3.05) is 0 Å². The SMILES string of the molecule is C#C[C@@]1(O)CC[C@H]2[C@H]3CCc4cc(O)ccc4[C@H]3[C@@H](O)C[C@@]21C. The van der Waals surface area contributed by atoms with Crippen molar-refractivity contribution in [2.24, 2.45) is 17.3 Å². The first kappa shape index (κ1) is 15.1. The molecule has 0 unspecified atom stereocenters. The fourth-order valence-electron chi connectivity index (χ4n) is 5.89. The minimum Gasteiger partial charge on any atom is -0.508 e. The van der Waals surface area contributed by atoms with Gasteiger partial charge in [0.25, 0.3) is 0 Å². The smallest absolute Gasteiger partial charge is 0.130 e. The van der Waals surface area contributed by atoms with Crippen molar-refractivity contribution < 1.29 is 15.3 Å². The van der Waals surface area contributed by atoms with Crippen molar-refractivity contribution in [3.05, 3.63) is 29.3 Å². The summed E-state index contributed by atoms with van der Waals surface area (Å²) in [4.78, 5) is 0. The largest absolute Gasteiger partial charge is 0.508 e. The van der Waals surface area contributed by atoms with Crippen LogP contribution in [0.4, 0.5) is 0 Å². The number of fused-ring (bicyclic) bond motifs is 5. The van der Waals surface area contributed by atoms with Crippen molar-refractivity contribution in [3.8, 4) is 18.1 Å². The number of aliphatic hydroxyl groups excluding tert-OH is 1. The highest BCUT2D eigenvalue weighted by molar-refractivity contribution is 5.41. The number of hydrogen-bond acceptors (Lipinski definition) is 3. The summed E-state index contributed by atoms with van der Waals surface area (Å²) in [5.41, 5.74) is 0.819. The Balaban J connectivity index is 1.77. The Morgan fingerprint density at radius 1 is 1.30 bits per heavy atom. The molecule has 23 heavy (non-hydrogen) atoms. The van der Waals surface area contributed by atoms with Crippen molar-refractivity contribution in [3.63, 3.8) is 0 Å². The van der Waals surface area contributed by atoms with Gasteiger partial charge < -0.3 is 15.3 Å². The molecule has 0 bridgehead atoms. The molecule has 3 aliphatic carbocycles. The number of phenolic OH excluding ortho intramolecular Hbond substituents is 1. The van der Waals surface area contributed by atoms with E-state index in [2.05, 4.69) is 12.8 Å². The fourth-order valence-corrected chi connectivity index (χ4v) is 5.89. The quantitative estimate of drug-likeness (QED) is 0.645. The second-order valence-electron chi connectivity index (χ2n) is 7.95. The summed E-state index contributed by atoms with van der Waals surface area (Å²) in [7, 11) is 0. The highest BCUT2D eigenvalue weighted by Crippen LogP contribution is 2.64. The average molecular weight is 312 g/mol. The first-order valence-corrected chi connectivity index (χ1v) is 8.59. The molecule has 1 aromatic rings. The average Bonchev–Trinajstić information content (AvgIpc) is 2.78. The number of aromatic hydroxyl groups is 1. The van der Waals surface area contributed by atoms with Crippen LogP contribution in [0.1, 0.15) is 49.7 Å². The van der Waals surface area contributed by atoms with Crippen molar-refractivity contribution in [2.45, 2.75) is 56.7 Å². The van der Waals surface area contributed by atoms with Gasteiger partial charge in [-0.05, 0) is 67.2 Å². The van der Waals surface area contributed by atoms with Crippen LogP contribution in [0.15, 0.2) is 18.2 Å². The van der Waals surface area contributed by atoms with Crippen molar-refractivity contribution >= 4 is 0 Å². The molecule has 0 spiro atoms. The summed E-state index contributed by atoms with van der Waals surface area (Å²) >= 11 is 0. The molecular formula is C20H24O3. The number of terminal acetylenes is 1. The maximum atomic E-state index is 10.9. The number of benzene rings is 1. The van der Waals surface area contributed by atoms with E-state index in [1.165, 1.54) is 5.56 Å². The van der Waals surface area contributed by atoms with Gasteiger partial charge in [-0.2, -0.15) is 0 Å². The van der Waals surface area contributed by atoms with Gasteiger partial charge in [-0.25, -0.2) is 0 Å². The van der Waals surface area contributed by atoms with Crippen molar-refractivity contribution in [1.29, 1.82) is 0 Å². The van der Waals surface area contributed by atoms with Gasteiger partial charge in [0, 0.05) is 11.3 Å². The highest BCUT2D eigenvalue weighted by atomic mass is 16.3. The predicted molar refractivity (Wildman–Crippen MR) is 87.9 cm³/mol. The van der Waals surface area contributed by atoms with E-state index in [0.717, 1.165) is 24.8 Å². The molecule has 3 heteroatoms. The molecule has 6 atom stereocenters. The molecule has 2 saturated carbocycles. The number of rotatable bonds is 0. The van der Waals surface area contributed by atoms with E-state index in [4.69, 9.17) is 6.42 Å². The Kier molecular flexibility index (Phi) is 3.11. The van der Waals surface area contributed by atoms with Gasteiger partial charge >= 0.3 is 0 Å². The zero-order valence-corrected chi connectivity index (χ0v) is 13.5. The predicted octanol–water partition coefficient (Wildman–Crippen LogP) is 2.58. The van der Waals surface area contributed by atoms with Gasteiger partial charge in [0.1, 0.15) is 11.4 Å². The Bertz CT molecular complexity index is 691. The van der Waals surface area contributed by atoms with Gasteiger partial charge in [0.05, 0.1) is 6.10 Å². The minimum atomic E-state index is -1.10. The van der Waals surface area contributed by atoms with Crippen LogP contribution >= 0.6 is 0 Å². The summed E-state index contributed by atoms with van der Waals surface area (Å²) in [6, 6.07) is 5.52. The normalized spacial score (nSPS) is 44.8. The Hall–Kier alpha value is -1.50. The molecule has 3 N–H and O–H groups in total. The van der Waals surface area contributed by atoms with Gasteiger partial charge in [-0.3, -0.25) is 0 Å². The molecule has 0 amide bonds. The first-order chi connectivity index (χ1) is 10.9. The van der Waals surface area contributed by atoms with Crippen LogP contribution in [0.3, 0.4) is 0 Å². The molecule has 0 aromatic heterocycles. The Labute approximate surface area is 137 Å². The van der Waals surface area contributed by atoms with Crippen LogP contribution in [0, 0.1) is 29.6 Å². The third kappa shape index (κ3) is 1.86. The van der Waals surface area contributed by atoms with E-state index in [1.807, 2.05) is 12.1 Å². The Morgan fingerprint density at radius 2 is 2.09 bits per heavy atom. The molecule has 4 rings (SSSR count). The van der Waals surface area contributed by atoms with Crippen LogP contribution in [0.5, 0.6) is 5.75 Å². The molecule has 122 valence electrons. The standard InChI is InChI=1S/C20H24O3/c1-3-20(23)9-8-16-15-6-4-12-10-13(21)5-7-14(12)18(15)17(22)11-19(16,20)2/h1,5,7,10,15-18,21-23H,4,6,8-9,11H2,2H3/t15-,16+,17+,18-,19+,20-/m1/s1. The summed E-state index contributed by atoms with van der Waals surface area (Å²) in [5, 5.41) is 31.6. The third-order valence-corrected chi connectivity index (χ3v) is 7.08. The van der Waals surface area contributed by atoms with E-state index < -0.39 is 17.1 Å². The van der Waals surface area contributed by atoms with Crippen LogP contribution in [0.2, 0.25) is 0 Å². The lowest BCUT2D eigenvalue weighted by Crippen LogP contribution is -2.54. The van der Waals surface area contributed by atoms with Crippen LogP contribution < -0.4 is 0 Å². The number of phenols is 1. The topological polar surface area (TPSA) is 60.7 Å². The summed E-state index contributed by atoms with van der Waals surface area (Å²) in [6.45, 7) is 2.07. The second kappa shape index (κ2) is 4.75. The summed E-state index contributed by atoms with van der Waals surface area (Å²) < 4.78 is 0. The molecule has 3 aliphatic rings. The molecule has 0 heterocycles. The summed E-state index contributed by atoms with van der Waals surface area (Å²) in [5.74, 6) is 3.72. The van der Waals surface area contributed by atoms with Gasteiger partial charge in [0.15, 0.2) is 0 Å². The maximum Gasteiger partial charge on any atom is 0.130 e. The van der Waals surface area contributed by atoms with Crippen LogP contribution in [-0.2, 0) is 6.42 Å². The summed E-state index contributed by atoms with van der Waals surface area (Å²) in [6.07, 6.45) is 9.16. The lowest BCUT2D eigenvalue weighted by molar-refractivity contribution is -0.107. The monoisotopic (exact) mass is 312 g/mol. The lowest BCUT2D eigenvalue weighted by atomic mass is 9.52. The molecular weight excluding hydrogens is 288 g/mol. The Morgan fingerprint density at radius 3 is 2.83 bits per heavy atom. The van der Waals surface area contributed by atoms with Crippen molar-refractivity contribution in [1.82, 2.24) is 0 Å². The number of hydrogen-bond donors (Lipinski definition) is 3. The third-order valence-electron chi connectivity index (χ3n) is 7.08. The maximum absolute atomic E-state index is 10.9. The number of aliphatic hydroxyl groups is 2. The van der Waals surface area contributed by atoms with E-state index in [9.17, 15) is 15.3 Å². The van der Waals surface area contributed by atoms with Crippen LogP contribution in [0.25, 0.3) is 0 Å². The van der Waals surface area contributed by atoms with Gasteiger partial charge in [-0.15, -0.1) is 6.42 Å². The van der Waals surface area contributed by atoms with Crippen LogP contribution in [-0.4, -0.2) is 27.0 Å². The van der Waals surface area contributed by atoms with E-state index in [0.29, 0.717) is 30.4 Å². The number of aryl methyl sites for hydroxylation is 1. The molecule has 1 aromatic carbocycles. The van der Waals surface area contributed by atoms with E-state index in [1.54, 1.807) is 6.07 Å². The fraction of sp³-hybridized carbons (Fsp3) is 0.600. The van der Waals surface area contributed by atoms with E-state index >= 15 is 0 Å². The zero-order valence-electron chi connectivity index (χ0n) is 13.5. The molecule has 0 saturated heterocycles. The second-order valence-corrected chi connectivity index (χ2v) is 7.95. The first-order valence-electron chi connectivity index (χ1n) is 8.59. The van der Waals surface area contributed by atoms with E-state index in [-0.39, 0.29) is 5.92 Å². The molecule has 2 fully saturated rings. The minimum absolute atomic E-state index is 0.0950. The molecule has 3 nitrogen and oxygen atoms in total. The lowest BCUT2D eigenvalue weighted by Gasteiger charge is -2.54. The zero-order chi connectivity index (χ0) is 16.4. The van der Waals surface area contributed by atoms with Gasteiger partial charge in [0.2, 0.25) is 0 Å².